The van der Waals surface area contributed by atoms with E-state index in [1.54, 1.807) is 42.5 Å². The molecule has 5 rings (SSSR count). The van der Waals surface area contributed by atoms with Crippen molar-refractivity contribution < 1.29 is 23.8 Å². The number of esters is 1. The smallest absolute Gasteiger partial charge is 0.410 e. The summed E-state index contributed by atoms with van der Waals surface area (Å²) in [6.07, 6.45) is 5.55. The van der Waals surface area contributed by atoms with Crippen LogP contribution in [-0.2, 0) is 14.3 Å². The molecule has 12 nitrogen and oxygen atoms in total. The molecule has 43 heavy (non-hydrogen) atoms. The summed E-state index contributed by atoms with van der Waals surface area (Å²) in [6, 6.07) is 12.8. The number of hydrogen-bond acceptors (Lipinski definition) is 11. The normalized spacial score (nSPS) is 14.8. The molecule has 0 aliphatic carbocycles. The van der Waals surface area contributed by atoms with Gasteiger partial charge in [0.1, 0.15) is 23.0 Å². The Bertz CT molecular complexity index is 1590. The van der Waals surface area contributed by atoms with E-state index >= 15 is 0 Å². The molecule has 2 N–H and O–H groups in total. The topological polar surface area (TPSA) is 141 Å². The molecule has 4 aromatic rings. The zero-order chi connectivity index (χ0) is 30.4. The molecule has 0 bridgehead atoms. The van der Waals surface area contributed by atoms with Crippen molar-refractivity contribution in [1.29, 1.82) is 0 Å². The van der Waals surface area contributed by atoms with Gasteiger partial charge in [-0.15, -0.1) is 0 Å². The molecule has 0 radical (unpaired) electrons. The van der Waals surface area contributed by atoms with E-state index in [9.17, 15) is 9.59 Å². The van der Waals surface area contributed by atoms with Crippen LogP contribution in [0.5, 0.6) is 5.75 Å². The third kappa shape index (κ3) is 7.85. The van der Waals surface area contributed by atoms with Crippen LogP contribution in [0.15, 0.2) is 61.1 Å². The van der Waals surface area contributed by atoms with Crippen molar-refractivity contribution in [2.45, 2.75) is 45.8 Å². The van der Waals surface area contributed by atoms with Gasteiger partial charge in [-0.3, -0.25) is 4.98 Å². The first-order chi connectivity index (χ1) is 20.7. The number of anilines is 3. The van der Waals surface area contributed by atoms with Gasteiger partial charge in [0, 0.05) is 48.2 Å². The summed E-state index contributed by atoms with van der Waals surface area (Å²) in [7, 11) is 0. The maximum atomic E-state index is 12.6. The number of amides is 1. The van der Waals surface area contributed by atoms with Gasteiger partial charge < -0.3 is 29.7 Å². The predicted octanol–water partition coefficient (Wildman–Crippen LogP) is 5.19. The summed E-state index contributed by atoms with van der Waals surface area (Å²) < 4.78 is 15.9. The Morgan fingerprint density at radius 1 is 1.07 bits per heavy atom. The number of benzene rings is 1. The van der Waals surface area contributed by atoms with E-state index in [0.29, 0.717) is 48.4 Å². The molecule has 1 aliphatic rings. The van der Waals surface area contributed by atoms with Crippen LogP contribution >= 0.6 is 0 Å². The number of aromatic nitrogens is 4. The number of hydrogen-bond donors (Lipinski definition) is 2. The van der Waals surface area contributed by atoms with Gasteiger partial charge in [-0.2, -0.15) is 0 Å². The first-order valence-electron chi connectivity index (χ1n) is 14.1. The maximum absolute atomic E-state index is 12.6. The number of pyridine rings is 2. The van der Waals surface area contributed by atoms with Crippen LogP contribution in [-0.4, -0.2) is 74.8 Å². The fourth-order valence-corrected chi connectivity index (χ4v) is 4.55. The summed E-state index contributed by atoms with van der Waals surface area (Å²) in [5, 5.41) is 7.64. The molecule has 1 saturated heterocycles. The third-order valence-electron chi connectivity index (χ3n) is 6.49. The highest BCUT2D eigenvalue weighted by atomic mass is 16.6. The minimum atomic E-state index is -0.547. The molecule has 0 saturated carbocycles. The van der Waals surface area contributed by atoms with E-state index in [1.807, 2.05) is 51.1 Å². The molecule has 3 aromatic heterocycles. The average molecular weight is 586 g/mol. The van der Waals surface area contributed by atoms with Gasteiger partial charge in [-0.1, -0.05) is 0 Å². The van der Waals surface area contributed by atoms with Gasteiger partial charge in [0.2, 0.25) is 0 Å². The number of fused-ring (bicyclic) bond motifs is 1. The van der Waals surface area contributed by atoms with Crippen LogP contribution in [0.1, 0.15) is 34.1 Å². The largest absolute Gasteiger partial charge is 0.482 e. The Morgan fingerprint density at radius 2 is 1.88 bits per heavy atom. The maximum Gasteiger partial charge on any atom is 0.410 e. The van der Waals surface area contributed by atoms with Gasteiger partial charge >= 0.3 is 12.1 Å². The summed E-state index contributed by atoms with van der Waals surface area (Å²) >= 11 is 0. The lowest BCUT2D eigenvalue weighted by atomic mass is 10.2. The minimum absolute atomic E-state index is 0.00513. The summed E-state index contributed by atoms with van der Waals surface area (Å²) in [4.78, 5) is 44.2. The molecule has 1 amide bonds. The fraction of sp³-hybridized carbons (Fsp3) is 0.355. The van der Waals surface area contributed by atoms with E-state index in [2.05, 4.69) is 20.6 Å². The summed E-state index contributed by atoms with van der Waals surface area (Å²) in [5.74, 6) is 1.92. The molecular formula is C31H35N7O5. The molecule has 1 fully saturated rings. The highest BCUT2D eigenvalue weighted by molar-refractivity contribution is 5.90. The number of nitrogens with zero attached hydrogens (tertiary/aromatic N) is 5. The monoisotopic (exact) mass is 585 g/mol. The lowest BCUT2D eigenvalue weighted by Gasteiger charge is -2.24. The SMILES string of the molecule is CCOC(=O)COc1ccc(Nc2cc(-c3nc(NC4CCN(C(=O)OC(C)(C)C)C4)c4ccncc4n3)ccn2)cc1. The number of rotatable bonds is 9. The number of likely N-dealkylation sites (tertiary alicyclic amines) is 1. The second kappa shape index (κ2) is 12.9. The molecule has 1 unspecified atom stereocenters. The van der Waals surface area contributed by atoms with Gasteiger partial charge in [0.05, 0.1) is 18.3 Å². The molecule has 12 heteroatoms. The first-order valence-corrected chi connectivity index (χ1v) is 14.1. The van der Waals surface area contributed by atoms with E-state index in [4.69, 9.17) is 24.2 Å². The van der Waals surface area contributed by atoms with E-state index < -0.39 is 11.6 Å². The Morgan fingerprint density at radius 3 is 2.65 bits per heavy atom. The van der Waals surface area contributed by atoms with Crippen molar-refractivity contribution >= 4 is 40.3 Å². The van der Waals surface area contributed by atoms with Crippen molar-refractivity contribution in [3.05, 3.63) is 61.1 Å². The first kappa shape index (κ1) is 29.5. The van der Waals surface area contributed by atoms with Gasteiger partial charge in [0.15, 0.2) is 12.4 Å². The minimum Gasteiger partial charge on any atom is -0.482 e. The molecular weight excluding hydrogens is 550 g/mol. The average Bonchev–Trinajstić information content (AvgIpc) is 3.45. The molecule has 1 aromatic carbocycles. The van der Waals surface area contributed by atoms with Crippen LogP contribution in [0.3, 0.4) is 0 Å². The van der Waals surface area contributed by atoms with Crippen molar-refractivity contribution in [1.82, 2.24) is 24.8 Å². The third-order valence-corrected chi connectivity index (χ3v) is 6.49. The summed E-state index contributed by atoms with van der Waals surface area (Å²) in [5.41, 5.74) is 1.70. The summed E-state index contributed by atoms with van der Waals surface area (Å²) in [6.45, 7) is 8.61. The van der Waals surface area contributed by atoms with E-state index in [-0.39, 0.29) is 18.7 Å². The fourth-order valence-electron chi connectivity index (χ4n) is 4.55. The van der Waals surface area contributed by atoms with E-state index in [1.165, 1.54) is 0 Å². The predicted molar refractivity (Wildman–Crippen MR) is 162 cm³/mol. The van der Waals surface area contributed by atoms with Crippen molar-refractivity contribution in [3.8, 4) is 17.1 Å². The second-order valence-corrected chi connectivity index (χ2v) is 11.0. The molecule has 224 valence electrons. The van der Waals surface area contributed by atoms with Crippen molar-refractivity contribution in [3.63, 3.8) is 0 Å². The second-order valence-electron chi connectivity index (χ2n) is 11.0. The zero-order valence-corrected chi connectivity index (χ0v) is 24.7. The number of ether oxygens (including phenoxy) is 3. The molecule has 0 spiro atoms. The number of carbonyl (C=O) groups is 2. The Kier molecular flexibility index (Phi) is 8.84. The van der Waals surface area contributed by atoms with Gasteiger partial charge in [-0.05, 0) is 76.6 Å². The highest BCUT2D eigenvalue weighted by Gasteiger charge is 2.30. The lowest BCUT2D eigenvalue weighted by Crippen LogP contribution is -2.36. The molecule has 1 aliphatic heterocycles. The standard InChI is InChI=1S/C31H35N7O5/c1-5-41-27(39)19-42-23-8-6-21(7-9-23)34-26-16-20(10-14-33-26)28-36-25-17-32-13-11-24(25)29(37-28)35-22-12-15-38(18-22)30(40)43-31(2,3)4/h6-11,13-14,16-17,22H,5,12,15,18-19H2,1-4H3,(H,33,34)(H,35,36,37). The molecule has 1 atom stereocenters. The van der Waals surface area contributed by atoms with Crippen LogP contribution in [0.2, 0.25) is 0 Å². The Balaban J connectivity index is 1.30. The van der Waals surface area contributed by atoms with Crippen LogP contribution in [0.25, 0.3) is 22.3 Å². The van der Waals surface area contributed by atoms with Crippen molar-refractivity contribution in [2.24, 2.45) is 0 Å². The quantitative estimate of drug-likeness (QED) is 0.251. The van der Waals surface area contributed by atoms with E-state index in [0.717, 1.165) is 23.1 Å². The molecule has 4 heterocycles. The Hall–Kier alpha value is -5.00. The van der Waals surface area contributed by atoms with Crippen molar-refractivity contribution in [2.75, 3.05) is 36.9 Å². The van der Waals surface area contributed by atoms with Crippen LogP contribution in [0, 0.1) is 0 Å². The number of nitrogens with one attached hydrogen (secondary N) is 2. The zero-order valence-electron chi connectivity index (χ0n) is 24.7. The number of carbonyl (C=O) groups excluding carboxylic acids is 2. The van der Waals surface area contributed by atoms with Gasteiger partial charge in [0.25, 0.3) is 0 Å². The van der Waals surface area contributed by atoms with Crippen LogP contribution < -0.4 is 15.4 Å². The van der Waals surface area contributed by atoms with Gasteiger partial charge in [-0.25, -0.2) is 24.5 Å². The Labute approximate surface area is 249 Å². The lowest BCUT2D eigenvalue weighted by molar-refractivity contribution is -0.145. The highest BCUT2D eigenvalue weighted by Crippen LogP contribution is 2.28. The van der Waals surface area contributed by atoms with Crippen LogP contribution in [0.4, 0.5) is 22.1 Å².